The fourth-order valence-corrected chi connectivity index (χ4v) is 3.62. The minimum Gasteiger partial charge on any atom is -0.467 e. The van der Waals surface area contributed by atoms with Crippen LogP contribution in [0.15, 0.2) is 33.7 Å². The van der Waals surface area contributed by atoms with Crippen molar-refractivity contribution in [2.24, 2.45) is 5.73 Å². The van der Waals surface area contributed by atoms with Crippen LogP contribution in [0.4, 0.5) is 5.69 Å². The lowest BCUT2D eigenvalue weighted by atomic mass is 10.2. The van der Waals surface area contributed by atoms with Crippen molar-refractivity contribution < 1.29 is 4.42 Å². The number of furan rings is 1. The predicted octanol–water partition coefficient (Wildman–Crippen LogP) is 2.60. The third kappa shape index (κ3) is 2.72. The van der Waals surface area contributed by atoms with E-state index in [9.17, 15) is 4.79 Å². The van der Waals surface area contributed by atoms with Gasteiger partial charge in [-0.15, -0.1) is 11.3 Å². The summed E-state index contributed by atoms with van der Waals surface area (Å²) >= 11 is 1.68. The number of nitrogens with one attached hydrogen (secondary N) is 2. The molecule has 110 valence electrons. The topological polar surface area (TPSA) is 84.0 Å². The lowest BCUT2D eigenvalue weighted by Gasteiger charge is -2.05. The Morgan fingerprint density at radius 1 is 1.48 bits per heavy atom. The lowest BCUT2D eigenvalue weighted by molar-refractivity contribution is 0.518. The van der Waals surface area contributed by atoms with Crippen LogP contribution in [0, 0.1) is 6.92 Å². The van der Waals surface area contributed by atoms with Crippen molar-refractivity contribution >= 4 is 27.2 Å². The Morgan fingerprint density at radius 2 is 2.33 bits per heavy atom. The number of fused-ring (bicyclic) bond motifs is 1. The quantitative estimate of drug-likeness (QED) is 0.676. The van der Waals surface area contributed by atoms with E-state index in [4.69, 9.17) is 10.2 Å². The number of hydrogen-bond acceptors (Lipinski definition) is 5. The average Bonchev–Trinajstić information content (AvgIpc) is 3.07. The molecule has 0 aromatic carbocycles. The molecule has 5 nitrogen and oxygen atoms in total. The molecule has 3 aromatic heterocycles. The third-order valence-corrected chi connectivity index (χ3v) is 4.80. The molecule has 0 aliphatic heterocycles. The van der Waals surface area contributed by atoms with E-state index in [1.807, 2.05) is 19.1 Å². The maximum absolute atomic E-state index is 11.8. The van der Waals surface area contributed by atoms with Crippen molar-refractivity contribution in [3.05, 3.63) is 51.0 Å². The Balaban J connectivity index is 2.00. The lowest BCUT2D eigenvalue weighted by Crippen LogP contribution is -2.08. The molecule has 0 bridgehead atoms. The smallest absolute Gasteiger partial charge is 0.250 e. The van der Waals surface area contributed by atoms with Crippen molar-refractivity contribution in [2.45, 2.75) is 19.9 Å². The molecule has 0 saturated heterocycles. The molecular weight excluding hydrogens is 286 g/mol. The van der Waals surface area contributed by atoms with Crippen LogP contribution in [0.1, 0.15) is 16.2 Å². The summed E-state index contributed by atoms with van der Waals surface area (Å²) in [6.07, 6.45) is 2.46. The molecule has 0 radical (unpaired) electrons. The van der Waals surface area contributed by atoms with Crippen LogP contribution in [0.3, 0.4) is 0 Å². The van der Waals surface area contributed by atoms with E-state index in [0.717, 1.165) is 33.6 Å². The monoisotopic (exact) mass is 303 g/mol. The number of aryl methyl sites for hydroxylation is 1. The second kappa shape index (κ2) is 5.75. The Labute approximate surface area is 125 Å². The highest BCUT2D eigenvalue weighted by atomic mass is 32.1. The van der Waals surface area contributed by atoms with Crippen LogP contribution in [0.25, 0.3) is 10.2 Å². The van der Waals surface area contributed by atoms with Gasteiger partial charge in [0.25, 0.3) is 5.56 Å². The Bertz CT molecular complexity index is 802. The van der Waals surface area contributed by atoms with Crippen LogP contribution in [-0.2, 0) is 13.0 Å². The number of aromatic nitrogens is 1. The third-order valence-electron chi connectivity index (χ3n) is 3.42. The van der Waals surface area contributed by atoms with Gasteiger partial charge in [-0.05, 0) is 37.6 Å². The molecule has 6 heteroatoms. The van der Waals surface area contributed by atoms with Gasteiger partial charge in [0, 0.05) is 10.9 Å². The first kappa shape index (κ1) is 13.9. The summed E-state index contributed by atoms with van der Waals surface area (Å²) in [5, 5.41) is 3.28. The van der Waals surface area contributed by atoms with Crippen molar-refractivity contribution in [1.29, 1.82) is 0 Å². The van der Waals surface area contributed by atoms with Gasteiger partial charge in [0.2, 0.25) is 0 Å². The molecule has 0 aliphatic carbocycles. The van der Waals surface area contributed by atoms with E-state index >= 15 is 0 Å². The highest BCUT2D eigenvalue weighted by Gasteiger charge is 2.13. The highest BCUT2D eigenvalue weighted by molar-refractivity contribution is 7.19. The van der Waals surface area contributed by atoms with Gasteiger partial charge in [-0.2, -0.15) is 0 Å². The van der Waals surface area contributed by atoms with E-state index in [0.29, 0.717) is 13.1 Å². The fraction of sp³-hybridized carbons (Fsp3) is 0.267. The van der Waals surface area contributed by atoms with Crippen molar-refractivity contribution in [3.63, 3.8) is 0 Å². The predicted molar refractivity (Wildman–Crippen MR) is 86.0 cm³/mol. The van der Waals surface area contributed by atoms with Crippen LogP contribution in [0.2, 0.25) is 0 Å². The van der Waals surface area contributed by atoms with E-state index in [-0.39, 0.29) is 5.56 Å². The molecule has 0 saturated carbocycles. The second-order valence-corrected chi connectivity index (χ2v) is 5.98. The first-order valence-electron chi connectivity index (χ1n) is 6.80. The Morgan fingerprint density at radius 3 is 3.05 bits per heavy atom. The minimum atomic E-state index is -0.107. The number of H-pyrrole nitrogens is 1. The van der Waals surface area contributed by atoms with E-state index in [2.05, 4.69) is 10.3 Å². The number of rotatable bonds is 5. The van der Waals surface area contributed by atoms with Gasteiger partial charge in [-0.1, -0.05) is 0 Å². The molecule has 3 rings (SSSR count). The Hall–Kier alpha value is -2.05. The first-order chi connectivity index (χ1) is 10.2. The molecule has 0 spiro atoms. The number of hydrogen-bond donors (Lipinski definition) is 3. The van der Waals surface area contributed by atoms with Gasteiger partial charge < -0.3 is 20.5 Å². The van der Waals surface area contributed by atoms with Crippen molar-refractivity contribution in [3.8, 4) is 0 Å². The van der Waals surface area contributed by atoms with Crippen molar-refractivity contribution in [1.82, 2.24) is 4.98 Å². The summed E-state index contributed by atoms with van der Waals surface area (Å²) in [4.78, 5) is 16.0. The van der Waals surface area contributed by atoms with E-state index in [1.165, 1.54) is 4.88 Å². The summed E-state index contributed by atoms with van der Waals surface area (Å²) in [6, 6.07) is 5.34. The zero-order valence-corrected chi connectivity index (χ0v) is 12.5. The van der Waals surface area contributed by atoms with E-state index < -0.39 is 0 Å². The summed E-state index contributed by atoms with van der Waals surface area (Å²) in [5.74, 6) is 0.832. The van der Waals surface area contributed by atoms with Gasteiger partial charge in [-0.25, -0.2) is 0 Å². The number of thiophene rings is 1. The number of anilines is 1. The molecule has 21 heavy (non-hydrogen) atoms. The number of nitrogens with two attached hydrogens (primary N) is 1. The van der Waals surface area contributed by atoms with Crippen LogP contribution >= 0.6 is 11.3 Å². The molecule has 0 aliphatic rings. The number of pyridine rings is 1. The fourth-order valence-electron chi connectivity index (χ4n) is 2.35. The highest BCUT2D eigenvalue weighted by Crippen LogP contribution is 2.33. The van der Waals surface area contributed by atoms with Gasteiger partial charge in [0.1, 0.15) is 5.76 Å². The Kier molecular flexibility index (Phi) is 3.81. The number of aromatic amines is 1. The van der Waals surface area contributed by atoms with E-state index in [1.54, 1.807) is 23.7 Å². The normalized spacial score (nSPS) is 11.1. The summed E-state index contributed by atoms with van der Waals surface area (Å²) in [7, 11) is 0. The van der Waals surface area contributed by atoms with Gasteiger partial charge in [-0.3, -0.25) is 4.79 Å². The second-order valence-electron chi connectivity index (χ2n) is 4.87. The molecule has 3 heterocycles. The standard InChI is InChI=1S/C15H17N3O2S/c1-9-12(4-5-16)21-15-11(7-13(19)18-14(9)15)17-8-10-3-2-6-20-10/h2-3,6-7H,4-5,8,16H2,1H3,(H2,17,18,19). The van der Waals surface area contributed by atoms with Gasteiger partial charge in [0.05, 0.1) is 28.7 Å². The zero-order valence-electron chi connectivity index (χ0n) is 11.7. The van der Waals surface area contributed by atoms with Crippen LogP contribution in [-0.4, -0.2) is 11.5 Å². The zero-order chi connectivity index (χ0) is 14.8. The van der Waals surface area contributed by atoms with Gasteiger partial charge in [0.15, 0.2) is 0 Å². The molecule has 0 fully saturated rings. The van der Waals surface area contributed by atoms with Crippen molar-refractivity contribution in [2.75, 3.05) is 11.9 Å². The first-order valence-corrected chi connectivity index (χ1v) is 7.62. The van der Waals surface area contributed by atoms with Crippen LogP contribution < -0.4 is 16.6 Å². The molecular formula is C15H17N3O2S. The summed E-state index contributed by atoms with van der Waals surface area (Å²) in [6.45, 7) is 3.18. The average molecular weight is 303 g/mol. The maximum atomic E-state index is 11.8. The van der Waals surface area contributed by atoms with Crippen LogP contribution in [0.5, 0.6) is 0 Å². The van der Waals surface area contributed by atoms with Gasteiger partial charge >= 0.3 is 0 Å². The SMILES string of the molecule is Cc1c(CCN)sc2c(NCc3ccco3)cc(=O)[nH]c12. The molecule has 4 N–H and O–H groups in total. The summed E-state index contributed by atoms with van der Waals surface area (Å²) < 4.78 is 6.36. The molecule has 0 amide bonds. The molecule has 0 atom stereocenters. The maximum Gasteiger partial charge on any atom is 0.250 e. The molecule has 3 aromatic rings. The summed E-state index contributed by atoms with van der Waals surface area (Å²) in [5.41, 5.74) is 8.39. The molecule has 0 unspecified atom stereocenters. The minimum absolute atomic E-state index is 0.107. The largest absolute Gasteiger partial charge is 0.467 e.